The highest BCUT2D eigenvalue weighted by molar-refractivity contribution is 8.00. The molecule has 3 N–H and O–H groups in total. The number of pyridine rings is 1. The molecule has 0 spiro atoms. The Bertz CT molecular complexity index is 540. The number of thioether (sulfide) groups is 1. The van der Waals surface area contributed by atoms with Gasteiger partial charge in [0.1, 0.15) is 12.0 Å². The second-order valence-electron chi connectivity index (χ2n) is 4.81. The van der Waals surface area contributed by atoms with E-state index in [4.69, 9.17) is 5.73 Å². The summed E-state index contributed by atoms with van der Waals surface area (Å²) in [7, 11) is 0. The molecule has 0 unspecified atom stereocenters. The van der Waals surface area contributed by atoms with Crippen molar-refractivity contribution in [1.29, 1.82) is 0 Å². The Morgan fingerprint density at radius 1 is 1.65 bits per heavy atom. The molecule has 1 fully saturated rings. The topological polar surface area (TPSA) is 111 Å². The summed E-state index contributed by atoms with van der Waals surface area (Å²) in [6.45, 7) is 0.666. The molecule has 20 heavy (non-hydrogen) atoms. The molecule has 0 aliphatic heterocycles. The Balaban J connectivity index is 2.18. The molecule has 0 aromatic carbocycles. The Morgan fingerprint density at radius 3 is 2.80 bits per heavy atom. The quantitative estimate of drug-likeness (QED) is 0.611. The Kier molecular flexibility index (Phi) is 4.12. The van der Waals surface area contributed by atoms with Crippen molar-refractivity contribution in [2.45, 2.75) is 24.0 Å². The van der Waals surface area contributed by atoms with Gasteiger partial charge in [0.15, 0.2) is 0 Å². The van der Waals surface area contributed by atoms with E-state index in [1.54, 1.807) is 11.8 Å². The van der Waals surface area contributed by atoms with E-state index in [2.05, 4.69) is 16.6 Å². The molecule has 1 aromatic heterocycles. The number of hydrogen-bond acceptors (Lipinski definition) is 6. The lowest BCUT2D eigenvalue weighted by atomic mass is 9.84. The lowest BCUT2D eigenvalue weighted by Crippen LogP contribution is -2.40. The number of aromatic nitrogens is 1. The summed E-state index contributed by atoms with van der Waals surface area (Å²) in [5, 5.41) is 13.8. The van der Waals surface area contributed by atoms with Crippen LogP contribution in [0.3, 0.4) is 0 Å². The fourth-order valence-corrected chi connectivity index (χ4v) is 3.06. The van der Waals surface area contributed by atoms with Crippen LogP contribution >= 0.6 is 11.8 Å². The second kappa shape index (κ2) is 5.66. The molecule has 0 atom stereocenters. The third-order valence-corrected chi connectivity index (χ3v) is 5.04. The van der Waals surface area contributed by atoms with E-state index >= 15 is 0 Å². The highest BCUT2D eigenvalue weighted by atomic mass is 32.2. The molecule has 1 amide bonds. The number of nitrogens with one attached hydrogen (secondary N) is 1. The van der Waals surface area contributed by atoms with Gasteiger partial charge in [-0.25, -0.2) is 4.98 Å². The van der Waals surface area contributed by atoms with Crippen LogP contribution in [0.1, 0.15) is 29.6 Å². The van der Waals surface area contributed by atoms with E-state index < -0.39 is 10.8 Å². The minimum Gasteiger partial charge on any atom is -0.368 e. The molecular formula is C12H16N4O3S. The highest BCUT2D eigenvalue weighted by Gasteiger charge is 2.36. The molecule has 0 radical (unpaired) electrons. The van der Waals surface area contributed by atoms with Crippen LogP contribution in [0.15, 0.2) is 12.3 Å². The molecular weight excluding hydrogens is 280 g/mol. The molecule has 8 heteroatoms. The zero-order valence-corrected chi connectivity index (χ0v) is 11.9. The molecule has 2 rings (SSSR count). The maximum Gasteiger partial charge on any atom is 0.288 e. The number of anilines is 1. The molecule has 1 aromatic rings. The monoisotopic (exact) mass is 296 g/mol. The zero-order chi connectivity index (χ0) is 14.8. The van der Waals surface area contributed by atoms with Gasteiger partial charge in [0.05, 0.1) is 10.5 Å². The van der Waals surface area contributed by atoms with E-state index in [-0.39, 0.29) is 16.0 Å². The molecule has 7 nitrogen and oxygen atoms in total. The average Bonchev–Trinajstić information content (AvgIpc) is 2.37. The first-order chi connectivity index (χ1) is 9.47. The molecule has 1 aliphatic rings. The molecule has 108 valence electrons. The van der Waals surface area contributed by atoms with Crippen LogP contribution in [0.25, 0.3) is 0 Å². The van der Waals surface area contributed by atoms with Crippen LogP contribution in [-0.2, 0) is 0 Å². The Hall–Kier alpha value is -1.83. The van der Waals surface area contributed by atoms with Crippen LogP contribution in [0.5, 0.6) is 0 Å². The summed E-state index contributed by atoms with van der Waals surface area (Å²) in [4.78, 5) is 25.4. The molecule has 0 bridgehead atoms. The third kappa shape index (κ3) is 2.84. The molecule has 1 aliphatic carbocycles. The van der Waals surface area contributed by atoms with E-state index in [1.807, 2.05) is 0 Å². The molecule has 1 heterocycles. The minimum absolute atomic E-state index is 0.0507. The van der Waals surface area contributed by atoms with Crippen LogP contribution in [0.4, 0.5) is 11.5 Å². The predicted octanol–water partition coefficient (Wildman–Crippen LogP) is 1.79. The largest absolute Gasteiger partial charge is 0.368 e. The Morgan fingerprint density at radius 2 is 2.35 bits per heavy atom. The number of hydrogen-bond donors (Lipinski definition) is 2. The number of nitrogens with two attached hydrogens (primary N) is 1. The third-order valence-electron chi connectivity index (χ3n) is 3.63. The van der Waals surface area contributed by atoms with Gasteiger partial charge < -0.3 is 11.1 Å². The van der Waals surface area contributed by atoms with E-state index in [1.165, 1.54) is 6.42 Å². The number of carbonyl (C=O) groups excluding carboxylic acids is 1. The van der Waals surface area contributed by atoms with Crippen molar-refractivity contribution in [3.05, 3.63) is 27.9 Å². The summed E-state index contributed by atoms with van der Waals surface area (Å²) >= 11 is 1.79. The predicted molar refractivity (Wildman–Crippen MR) is 78.0 cm³/mol. The second-order valence-corrected chi connectivity index (χ2v) is 6.08. The summed E-state index contributed by atoms with van der Waals surface area (Å²) in [6, 6.07) is 1.16. The minimum atomic E-state index is -0.726. The number of nitro groups is 1. The van der Waals surface area contributed by atoms with Gasteiger partial charge in [-0.2, -0.15) is 11.8 Å². The fourth-order valence-electron chi connectivity index (χ4n) is 2.15. The normalized spacial score (nSPS) is 16.2. The number of primary amides is 1. The van der Waals surface area contributed by atoms with Crippen molar-refractivity contribution in [2.75, 3.05) is 18.1 Å². The molecule has 1 saturated carbocycles. The lowest BCUT2D eigenvalue weighted by Gasteiger charge is -2.40. The van der Waals surface area contributed by atoms with Crippen LogP contribution < -0.4 is 11.1 Å². The van der Waals surface area contributed by atoms with Gasteiger partial charge in [-0.15, -0.1) is 0 Å². The number of carbonyl (C=O) groups is 1. The summed E-state index contributed by atoms with van der Waals surface area (Å²) < 4.78 is 0.165. The van der Waals surface area contributed by atoms with Crippen molar-refractivity contribution >= 4 is 29.2 Å². The highest BCUT2D eigenvalue weighted by Crippen LogP contribution is 2.42. The van der Waals surface area contributed by atoms with Crippen LogP contribution in [-0.4, -0.2) is 33.4 Å². The van der Waals surface area contributed by atoms with Crippen molar-refractivity contribution in [3.8, 4) is 0 Å². The number of amides is 1. The lowest BCUT2D eigenvalue weighted by molar-refractivity contribution is -0.385. The van der Waals surface area contributed by atoms with Crippen molar-refractivity contribution in [2.24, 2.45) is 5.73 Å². The van der Waals surface area contributed by atoms with E-state index in [0.29, 0.717) is 12.4 Å². The molecule has 0 saturated heterocycles. The van der Waals surface area contributed by atoms with Gasteiger partial charge in [0.2, 0.25) is 0 Å². The smallest absolute Gasteiger partial charge is 0.288 e. The Labute approximate surface area is 120 Å². The SMILES string of the molecule is CSC1(CNc2ncc([N+](=O)[O-])cc2C(N)=O)CCC1. The van der Waals surface area contributed by atoms with E-state index in [0.717, 1.165) is 25.1 Å². The first kappa shape index (κ1) is 14.6. The van der Waals surface area contributed by atoms with Crippen LogP contribution in [0.2, 0.25) is 0 Å². The van der Waals surface area contributed by atoms with Crippen molar-refractivity contribution in [3.63, 3.8) is 0 Å². The van der Waals surface area contributed by atoms with Gasteiger partial charge in [0, 0.05) is 17.4 Å². The first-order valence-electron chi connectivity index (χ1n) is 6.21. The van der Waals surface area contributed by atoms with E-state index in [9.17, 15) is 14.9 Å². The fraction of sp³-hybridized carbons (Fsp3) is 0.500. The maximum atomic E-state index is 11.4. The van der Waals surface area contributed by atoms with Gasteiger partial charge in [-0.1, -0.05) is 6.42 Å². The summed E-state index contributed by atoms with van der Waals surface area (Å²) in [5.74, 6) is -0.418. The van der Waals surface area contributed by atoms with Gasteiger partial charge in [-0.05, 0) is 19.1 Å². The first-order valence-corrected chi connectivity index (χ1v) is 7.43. The zero-order valence-electron chi connectivity index (χ0n) is 11.1. The van der Waals surface area contributed by atoms with Crippen LogP contribution in [0, 0.1) is 10.1 Å². The van der Waals surface area contributed by atoms with Crippen molar-refractivity contribution in [1.82, 2.24) is 4.98 Å². The number of rotatable bonds is 6. The number of nitrogens with zero attached hydrogens (tertiary/aromatic N) is 2. The maximum absolute atomic E-state index is 11.4. The van der Waals surface area contributed by atoms with Gasteiger partial charge in [0.25, 0.3) is 11.6 Å². The summed E-state index contributed by atoms with van der Waals surface area (Å²) in [5.41, 5.74) is 5.06. The standard InChI is InChI=1S/C12H16N4O3S/c1-20-12(3-2-4-12)7-15-11-9(10(13)17)5-8(6-14-11)16(18)19/h5-6H,2-4,7H2,1H3,(H2,13,17)(H,14,15). The average molecular weight is 296 g/mol. The van der Waals surface area contributed by atoms with Crippen molar-refractivity contribution < 1.29 is 9.72 Å². The van der Waals surface area contributed by atoms with Gasteiger partial charge >= 0.3 is 0 Å². The summed E-state index contributed by atoms with van der Waals surface area (Å²) in [6.07, 6.45) is 6.60. The van der Waals surface area contributed by atoms with Gasteiger partial charge in [-0.3, -0.25) is 14.9 Å².